The second-order valence-electron chi connectivity index (χ2n) is 8.61. The summed E-state index contributed by atoms with van der Waals surface area (Å²) in [5.41, 5.74) is 0.723. The maximum absolute atomic E-state index is 12.4. The minimum atomic E-state index is -0.195. The molecule has 0 bridgehead atoms. The first-order chi connectivity index (χ1) is 13.4. The summed E-state index contributed by atoms with van der Waals surface area (Å²) in [6.07, 6.45) is 2.37. The van der Waals surface area contributed by atoms with Crippen LogP contribution in [0.25, 0.3) is 0 Å². The number of nitrogens with one attached hydrogen (secondary N) is 2. The Morgan fingerprint density at radius 3 is 2.82 bits per heavy atom. The summed E-state index contributed by atoms with van der Waals surface area (Å²) in [6.45, 7) is 8.25. The highest BCUT2D eigenvalue weighted by molar-refractivity contribution is 5.76. The molecule has 2 atom stereocenters. The lowest BCUT2D eigenvalue weighted by Gasteiger charge is -2.32. The van der Waals surface area contributed by atoms with Crippen molar-refractivity contribution < 1.29 is 14.1 Å². The second kappa shape index (κ2) is 9.24. The van der Waals surface area contributed by atoms with Crippen LogP contribution in [-0.2, 0) is 17.8 Å². The van der Waals surface area contributed by atoms with Gasteiger partial charge in [-0.3, -0.25) is 4.79 Å². The Morgan fingerprint density at radius 2 is 2.07 bits per heavy atom. The van der Waals surface area contributed by atoms with E-state index in [0.29, 0.717) is 30.6 Å². The van der Waals surface area contributed by atoms with E-state index in [1.807, 2.05) is 57.2 Å². The standard InChI is InChI=1S/C22H31N3O3/c1-22(2,3)24-21(26)12-16-9-10-23-14-17(16)11-18-13-20(28-25-18)15-27-19-7-5-4-6-8-19/h4-8,13,16-17,23H,9-12,14-15H2,1-3H3,(H,24,26)/t16-,17+/m1/s1. The number of hydrogen-bond donors (Lipinski definition) is 2. The molecule has 2 heterocycles. The zero-order chi connectivity index (χ0) is 20.0. The van der Waals surface area contributed by atoms with Crippen molar-refractivity contribution in [3.05, 3.63) is 47.9 Å². The molecule has 2 aromatic rings. The predicted octanol–water partition coefficient (Wildman–Crippen LogP) is 3.33. The van der Waals surface area contributed by atoms with Crippen LogP contribution in [0, 0.1) is 11.8 Å². The molecule has 2 N–H and O–H groups in total. The average molecular weight is 386 g/mol. The molecule has 0 saturated carbocycles. The maximum atomic E-state index is 12.4. The van der Waals surface area contributed by atoms with Crippen LogP contribution in [0.15, 0.2) is 40.9 Å². The number of hydrogen-bond acceptors (Lipinski definition) is 5. The molecule has 1 saturated heterocycles. The van der Waals surface area contributed by atoms with Gasteiger partial charge in [-0.1, -0.05) is 23.4 Å². The zero-order valence-electron chi connectivity index (χ0n) is 17.0. The molecule has 152 valence electrons. The first kappa shape index (κ1) is 20.4. The number of aromatic nitrogens is 1. The Balaban J connectivity index is 1.54. The summed E-state index contributed by atoms with van der Waals surface area (Å²) in [4.78, 5) is 12.4. The van der Waals surface area contributed by atoms with Gasteiger partial charge < -0.3 is 19.9 Å². The molecule has 0 radical (unpaired) electrons. The van der Waals surface area contributed by atoms with Gasteiger partial charge in [0.15, 0.2) is 5.76 Å². The number of ether oxygens (including phenoxy) is 1. The molecule has 28 heavy (non-hydrogen) atoms. The fourth-order valence-electron chi connectivity index (χ4n) is 3.65. The summed E-state index contributed by atoms with van der Waals surface area (Å²) >= 11 is 0. The van der Waals surface area contributed by atoms with Crippen LogP contribution < -0.4 is 15.4 Å². The number of benzene rings is 1. The molecule has 3 rings (SSSR count). The highest BCUT2D eigenvalue weighted by atomic mass is 16.5. The van der Waals surface area contributed by atoms with Gasteiger partial charge in [0.1, 0.15) is 12.4 Å². The van der Waals surface area contributed by atoms with Crippen LogP contribution in [0.1, 0.15) is 45.1 Å². The second-order valence-corrected chi connectivity index (χ2v) is 8.61. The van der Waals surface area contributed by atoms with Gasteiger partial charge in [0, 0.05) is 18.0 Å². The molecule has 6 heteroatoms. The topological polar surface area (TPSA) is 76.4 Å². The Morgan fingerprint density at radius 1 is 1.29 bits per heavy atom. The van der Waals surface area contributed by atoms with Gasteiger partial charge in [-0.2, -0.15) is 0 Å². The van der Waals surface area contributed by atoms with Crippen LogP contribution in [0.4, 0.5) is 0 Å². The number of nitrogens with zero attached hydrogens (tertiary/aromatic N) is 1. The predicted molar refractivity (Wildman–Crippen MR) is 108 cm³/mol. The Bertz CT molecular complexity index is 752. The first-order valence-electron chi connectivity index (χ1n) is 10.0. The molecule has 1 fully saturated rings. The van der Waals surface area contributed by atoms with Gasteiger partial charge in [-0.25, -0.2) is 0 Å². The third-order valence-electron chi connectivity index (χ3n) is 4.93. The van der Waals surface area contributed by atoms with Gasteiger partial charge in [0.2, 0.25) is 5.91 Å². The molecule has 1 aromatic heterocycles. The van der Waals surface area contributed by atoms with Crippen molar-refractivity contribution >= 4 is 5.91 Å². The number of piperidine rings is 1. The van der Waals surface area contributed by atoms with E-state index in [-0.39, 0.29) is 11.4 Å². The largest absolute Gasteiger partial charge is 0.486 e. The summed E-state index contributed by atoms with van der Waals surface area (Å²) in [7, 11) is 0. The van der Waals surface area contributed by atoms with Crippen molar-refractivity contribution in [3.8, 4) is 5.75 Å². The van der Waals surface area contributed by atoms with E-state index >= 15 is 0 Å². The van der Waals surface area contributed by atoms with E-state index in [1.54, 1.807) is 0 Å². The third kappa shape index (κ3) is 6.37. The zero-order valence-corrected chi connectivity index (χ0v) is 17.0. The Hall–Kier alpha value is -2.34. The van der Waals surface area contributed by atoms with Gasteiger partial charge in [-0.05, 0) is 70.7 Å². The van der Waals surface area contributed by atoms with E-state index in [2.05, 4.69) is 15.8 Å². The lowest BCUT2D eigenvalue weighted by Crippen LogP contribution is -2.44. The van der Waals surface area contributed by atoms with E-state index in [9.17, 15) is 4.79 Å². The van der Waals surface area contributed by atoms with Gasteiger partial charge >= 0.3 is 0 Å². The molecule has 0 spiro atoms. The van der Waals surface area contributed by atoms with Crippen molar-refractivity contribution in [2.75, 3.05) is 13.1 Å². The van der Waals surface area contributed by atoms with E-state index < -0.39 is 0 Å². The molecular formula is C22H31N3O3. The molecule has 1 aromatic carbocycles. The monoisotopic (exact) mass is 385 g/mol. The Labute approximate surface area is 167 Å². The third-order valence-corrected chi connectivity index (χ3v) is 4.93. The Kier molecular flexibility index (Phi) is 6.73. The van der Waals surface area contributed by atoms with Crippen molar-refractivity contribution in [1.82, 2.24) is 15.8 Å². The molecular weight excluding hydrogens is 354 g/mol. The number of carbonyl (C=O) groups excluding carboxylic acids is 1. The maximum Gasteiger partial charge on any atom is 0.220 e. The van der Waals surface area contributed by atoms with Crippen molar-refractivity contribution in [2.24, 2.45) is 11.8 Å². The first-order valence-corrected chi connectivity index (χ1v) is 10.0. The van der Waals surface area contributed by atoms with E-state index in [0.717, 1.165) is 37.4 Å². The average Bonchev–Trinajstić information content (AvgIpc) is 3.08. The normalized spacial score (nSPS) is 20.0. The smallest absolute Gasteiger partial charge is 0.220 e. The van der Waals surface area contributed by atoms with Gasteiger partial charge in [0.05, 0.1) is 5.69 Å². The van der Waals surface area contributed by atoms with Crippen LogP contribution in [-0.4, -0.2) is 29.7 Å². The quantitative estimate of drug-likeness (QED) is 0.765. The van der Waals surface area contributed by atoms with Crippen molar-refractivity contribution in [3.63, 3.8) is 0 Å². The molecule has 1 aliphatic rings. The summed E-state index contributed by atoms with van der Waals surface area (Å²) in [5, 5.41) is 10.7. The van der Waals surface area contributed by atoms with E-state index in [4.69, 9.17) is 9.26 Å². The molecule has 0 unspecified atom stereocenters. The van der Waals surface area contributed by atoms with Crippen molar-refractivity contribution in [2.45, 2.75) is 52.2 Å². The minimum absolute atomic E-state index is 0.126. The number of rotatable bonds is 7. The minimum Gasteiger partial charge on any atom is -0.486 e. The van der Waals surface area contributed by atoms with Crippen LogP contribution in [0.2, 0.25) is 0 Å². The summed E-state index contributed by atoms with van der Waals surface area (Å²) in [6, 6.07) is 11.6. The number of para-hydroxylation sites is 1. The van der Waals surface area contributed by atoms with E-state index in [1.165, 1.54) is 0 Å². The van der Waals surface area contributed by atoms with Crippen LogP contribution in [0.3, 0.4) is 0 Å². The summed E-state index contributed by atoms with van der Waals surface area (Å²) in [5.74, 6) is 2.37. The molecule has 1 aliphatic heterocycles. The lowest BCUT2D eigenvalue weighted by molar-refractivity contribution is -0.124. The molecule has 1 amide bonds. The molecule has 6 nitrogen and oxygen atoms in total. The van der Waals surface area contributed by atoms with Crippen molar-refractivity contribution in [1.29, 1.82) is 0 Å². The van der Waals surface area contributed by atoms with Gasteiger partial charge in [-0.15, -0.1) is 0 Å². The fraction of sp³-hybridized carbons (Fsp3) is 0.545. The number of amides is 1. The fourth-order valence-corrected chi connectivity index (χ4v) is 3.65. The molecule has 0 aliphatic carbocycles. The number of carbonyl (C=O) groups is 1. The van der Waals surface area contributed by atoms with Crippen LogP contribution in [0.5, 0.6) is 5.75 Å². The van der Waals surface area contributed by atoms with Crippen LogP contribution >= 0.6 is 0 Å². The highest BCUT2D eigenvalue weighted by Crippen LogP contribution is 2.26. The SMILES string of the molecule is CC(C)(C)NC(=O)C[C@H]1CCNC[C@@H]1Cc1cc(COc2ccccc2)on1. The lowest BCUT2D eigenvalue weighted by atomic mass is 9.81. The summed E-state index contributed by atoms with van der Waals surface area (Å²) < 4.78 is 11.2. The highest BCUT2D eigenvalue weighted by Gasteiger charge is 2.29. The van der Waals surface area contributed by atoms with Gasteiger partial charge in [0.25, 0.3) is 0 Å².